The number of benzene rings is 2. The molecule has 174 valence electrons. The van der Waals surface area contributed by atoms with Gasteiger partial charge in [-0.2, -0.15) is 4.98 Å². The molecule has 4 rings (SSSR count). The summed E-state index contributed by atoms with van der Waals surface area (Å²) < 4.78 is 0. The second kappa shape index (κ2) is 10.8. The summed E-state index contributed by atoms with van der Waals surface area (Å²) in [7, 11) is 0. The number of amides is 2. The Labute approximate surface area is 203 Å². The molecular weight excluding hydrogens is 452 g/mol. The van der Waals surface area contributed by atoms with Gasteiger partial charge in [-0.3, -0.25) is 9.59 Å². The predicted molar refractivity (Wildman–Crippen MR) is 135 cm³/mol. The highest BCUT2D eigenvalue weighted by Crippen LogP contribution is 2.25. The minimum absolute atomic E-state index is 0.00731. The van der Waals surface area contributed by atoms with Crippen LogP contribution in [0.1, 0.15) is 23.2 Å². The van der Waals surface area contributed by atoms with Gasteiger partial charge in [0.1, 0.15) is 5.02 Å². The fourth-order valence-corrected chi connectivity index (χ4v) is 3.89. The third kappa shape index (κ3) is 5.90. The lowest BCUT2D eigenvalue weighted by atomic mass is 10.0. The fourth-order valence-electron chi connectivity index (χ4n) is 3.75. The van der Waals surface area contributed by atoms with Crippen molar-refractivity contribution in [2.75, 3.05) is 29.0 Å². The van der Waals surface area contributed by atoms with E-state index in [0.29, 0.717) is 41.1 Å². The number of piperidine rings is 1. The highest BCUT2D eigenvalue weighted by Gasteiger charge is 2.25. The summed E-state index contributed by atoms with van der Waals surface area (Å²) in [5.74, 6) is 0.532. The number of hydrogen-bond acceptors (Lipinski definition) is 6. The summed E-state index contributed by atoms with van der Waals surface area (Å²) in [6, 6.07) is 16.5. The SMILES string of the molecule is C=CC(=O)Nc1cccc(C(=O)N2CCCC(Nc3ncc(Cl)c(Nc4ccccc4)n3)C2)c1. The van der Waals surface area contributed by atoms with Crippen molar-refractivity contribution in [3.8, 4) is 0 Å². The Bertz CT molecular complexity index is 1190. The van der Waals surface area contributed by atoms with Gasteiger partial charge in [-0.15, -0.1) is 0 Å². The third-order valence-corrected chi connectivity index (χ3v) is 5.66. The van der Waals surface area contributed by atoms with Crippen LogP contribution in [0.15, 0.2) is 73.4 Å². The van der Waals surface area contributed by atoms with Crippen LogP contribution < -0.4 is 16.0 Å². The number of rotatable bonds is 7. The lowest BCUT2D eigenvalue weighted by Crippen LogP contribution is -2.45. The van der Waals surface area contributed by atoms with Crippen LogP contribution in [0.3, 0.4) is 0 Å². The van der Waals surface area contributed by atoms with Crippen LogP contribution in [-0.2, 0) is 4.79 Å². The normalized spacial score (nSPS) is 15.3. The Morgan fingerprint density at radius 2 is 1.91 bits per heavy atom. The van der Waals surface area contributed by atoms with Gasteiger partial charge in [0.05, 0.1) is 6.20 Å². The predicted octanol–water partition coefficient (Wildman–Crippen LogP) is 4.71. The van der Waals surface area contributed by atoms with Gasteiger partial charge in [0.2, 0.25) is 11.9 Å². The molecule has 2 heterocycles. The Kier molecular flexibility index (Phi) is 7.39. The number of para-hydroxylation sites is 1. The van der Waals surface area contributed by atoms with E-state index in [2.05, 4.69) is 32.5 Å². The van der Waals surface area contributed by atoms with Gasteiger partial charge in [0.15, 0.2) is 5.82 Å². The Hall–Kier alpha value is -3.91. The van der Waals surface area contributed by atoms with E-state index in [-0.39, 0.29) is 17.9 Å². The highest BCUT2D eigenvalue weighted by molar-refractivity contribution is 6.32. The first-order chi connectivity index (χ1) is 16.5. The van der Waals surface area contributed by atoms with Gasteiger partial charge in [-0.05, 0) is 49.2 Å². The van der Waals surface area contributed by atoms with Gasteiger partial charge in [0, 0.05) is 36.1 Å². The second-order valence-electron chi connectivity index (χ2n) is 7.89. The van der Waals surface area contributed by atoms with Crippen molar-refractivity contribution in [1.29, 1.82) is 0 Å². The second-order valence-corrected chi connectivity index (χ2v) is 8.30. The number of aromatic nitrogens is 2. The van der Waals surface area contributed by atoms with Gasteiger partial charge in [-0.25, -0.2) is 4.98 Å². The number of likely N-dealkylation sites (tertiary alicyclic amines) is 1. The summed E-state index contributed by atoms with van der Waals surface area (Å²) in [4.78, 5) is 35.3. The molecule has 34 heavy (non-hydrogen) atoms. The molecule has 1 atom stereocenters. The van der Waals surface area contributed by atoms with E-state index in [1.54, 1.807) is 35.4 Å². The molecule has 0 saturated carbocycles. The van der Waals surface area contributed by atoms with Gasteiger partial charge in [0.25, 0.3) is 5.91 Å². The van der Waals surface area contributed by atoms with E-state index >= 15 is 0 Å². The average Bonchev–Trinajstić information content (AvgIpc) is 2.86. The highest BCUT2D eigenvalue weighted by atomic mass is 35.5. The zero-order valence-electron chi connectivity index (χ0n) is 18.5. The monoisotopic (exact) mass is 476 g/mol. The molecule has 1 fully saturated rings. The van der Waals surface area contributed by atoms with Gasteiger partial charge >= 0.3 is 0 Å². The number of hydrogen-bond donors (Lipinski definition) is 3. The molecule has 1 saturated heterocycles. The summed E-state index contributed by atoms with van der Waals surface area (Å²) in [5.41, 5.74) is 1.94. The number of anilines is 4. The number of carbonyl (C=O) groups excluding carboxylic acids is 2. The van der Waals surface area contributed by atoms with Crippen molar-refractivity contribution < 1.29 is 9.59 Å². The molecule has 0 aliphatic carbocycles. The van der Waals surface area contributed by atoms with Crippen LogP contribution in [0, 0.1) is 0 Å². The molecule has 3 aromatic rings. The van der Waals surface area contributed by atoms with Crippen LogP contribution in [0.4, 0.5) is 23.1 Å². The van der Waals surface area contributed by atoms with Crippen molar-refractivity contribution in [3.63, 3.8) is 0 Å². The summed E-state index contributed by atoms with van der Waals surface area (Å²) in [6.07, 6.45) is 4.47. The van der Waals surface area contributed by atoms with E-state index in [4.69, 9.17) is 11.6 Å². The molecule has 1 aliphatic heterocycles. The molecule has 9 heteroatoms. The maximum absolute atomic E-state index is 13.1. The molecule has 3 N–H and O–H groups in total. The first-order valence-corrected chi connectivity index (χ1v) is 11.3. The third-order valence-electron chi connectivity index (χ3n) is 5.38. The first-order valence-electron chi connectivity index (χ1n) is 11.0. The average molecular weight is 477 g/mol. The van der Waals surface area contributed by atoms with Crippen LogP contribution in [0.25, 0.3) is 0 Å². The standard InChI is InChI=1S/C25H25ClN6O2/c1-2-22(33)28-19-11-6-8-17(14-19)24(34)32-13-7-12-20(16-32)30-25-27-15-21(26)23(31-25)29-18-9-4-3-5-10-18/h2-6,8-11,14-15,20H,1,7,12-13,16H2,(H,28,33)(H2,27,29,30,31). The van der Waals surface area contributed by atoms with E-state index in [1.807, 2.05) is 30.3 Å². The Balaban J connectivity index is 1.42. The summed E-state index contributed by atoms with van der Waals surface area (Å²) >= 11 is 6.28. The van der Waals surface area contributed by atoms with Gasteiger partial charge < -0.3 is 20.9 Å². The fraction of sp³-hybridized carbons (Fsp3) is 0.200. The molecule has 2 aromatic carbocycles. The van der Waals surface area contributed by atoms with Crippen LogP contribution in [-0.4, -0.2) is 45.8 Å². The number of nitrogens with one attached hydrogen (secondary N) is 3. The summed E-state index contributed by atoms with van der Waals surface area (Å²) in [6.45, 7) is 4.61. The molecular formula is C25H25ClN6O2. The molecule has 1 aromatic heterocycles. The van der Waals surface area contributed by atoms with Crippen molar-refractivity contribution in [3.05, 3.63) is 84.0 Å². The molecule has 0 radical (unpaired) electrons. The lowest BCUT2D eigenvalue weighted by molar-refractivity contribution is -0.111. The number of nitrogens with zero attached hydrogens (tertiary/aromatic N) is 3. The van der Waals surface area contributed by atoms with E-state index in [1.165, 1.54) is 6.08 Å². The van der Waals surface area contributed by atoms with Crippen molar-refractivity contribution in [1.82, 2.24) is 14.9 Å². The molecule has 1 unspecified atom stereocenters. The number of carbonyl (C=O) groups is 2. The molecule has 2 amide bonds. The first kappa shape index (κ1) is 23.3. The molecule has 0 spiro atoms. The minimum atomic E-state index is -0.323. The largest absolute Gasteiger partial charge is 0.350 e. The van der Waals surface area contributed by atoms with E-state index < -0.39 is 0 Å². The molecule has 1 aliphatic rings. The van der Waals surface area contributed by atoms with E-state index in [0.717, 1.165) is 18.5 Å². The van der Waals surface area contributed by atoms with Crippen molar-refractivity contribution >= 4 is 46.6 Å². The van der Waals surface area contributed by atoms with E-state index in [9.17, 15) is 9.59 Å². The zero-order valence-corrected chi connectivity index (χ0v) is 19.3. The smallest absolute Gasteiger partial charge is 0.253 e. The minimum Gasteiger partial charge on any atom is -0.350 e. The Morgan fingerprint density at radius 1 is 1.12 bits per heavy atom. The quantitative estimate of drug-likeness (QED) is 0.427. The van der Waals surface area contributed by atoms with Crippen LogP contribution in [0.5, 0.6) is 0 Å². The van der Waals surface area contributed by atoms with Crippen molar-refractivity contribution in [2.24, 2.45) is 0 Å². The molecule has 0 bridgehead atoms. The van der Waals surface area contributed by atoms with Crippen LogP contribution >= 0.6 is 11.6 Å². The van der Waals surface area contributed by atoms with Gasteiger partial charge in [-0.1, -0.05) is 42.4 Å². The topological polar surface area (TPSA) is 99.3 Å². The Morgan fingerprint density at radius 3 is 2.71 bits per heavy atom. The number of halogens is 1. The maximum Gasteiger partial charge on any atom is 0.253 e. The summed E-state index contributed by atoms with van der Waals surface area (Å²) in [5, 5.41) is 9.63. The lowest BCUT2D eigenvalue weighted by Gasteiger charge is -2.33. The van der Waals surface area contributed by atoms with Crippen LogP contribution in [0.2, 0.25) is 5.02 Å². The van der Waals surface area contributed by atoms with Crippen molar-refractivity contribution in [2.45, 2.75) is 18.9 Å². The molecule has 8 nitrogen and oxygen atoms in total. The maximum atomic E-state index is 13.1. The zero-order chi connectivity index (χ0) is 23.9.